The second-order valence-electron chi connectivity index (χ2n) is 5.69. The maximum atomic E-state index is 14.0. The van der Waals surface area contributed by atoms with Crippen LogP contribution < -0.4 is 10.6 Å². The second kappa shape index (κ2) is 7.61. The Bertz CT molecular complexity index is 861. The van der Waals surface area contributed by atoms with Gasteiger partial charge in [-0.25, -0.2) is 9.37 Å². The molecule has 0 saturated carbocycles. The van der Waals surface area contributed by atoms with Gasteiger partial charge in [-0.2, -0.15) is 0 Å². The van der Waals surface area contributed by atoms with Gasteiger partial charge >= 0.3 is 0 Å². The summed E-state index contributed by atoms with van der Waals surface area (Å²) in [5, 5.41) is 5.69. The predicted octanol–water partition coefficient (Wildman–Crippen LogP) is 3.64. The molecule has 0 aliphatic rings. The third kappa shape index (κ3) is 4.44. The average Bonchev–Trinajstić information content (AvgIpc) is 3.03. The van der Waals surface area contributed by atoms with Crippen LogP contribution in [0.5, 0.6) is 0 Å². The minimum atomic E-state index is -0.379. The highest BCUT2D eigenvalue weighted by Gasteiger charge is 2.08. The summed E-state index contributed by atoms with van der Waals surface area (Å²) in [5.74, 6) is 0.222. The molecule has 0 aliphatic carbocycles. The van der Waals surface area contributed by atoms with Crippen molar-refractivity contribution in [2.75, 3.05) is 10.6 Å². The van der Waals surface area contributed by atoms with E-state index in [1.165, 1.54) is 24.6 Å². The molecule has 1 heterocycles. The Morgan fingerprint density at radius 1 is 1.20 bits per heavy atom. The molecule has 1 aromatic heterocycles. The van der Waals surface area contributed by atoms with Gasteiger partial charge in [-0.3, -0.25) is 4.79 Å². The molecule has 0 aliphatic heterocycles. The lowest BCUT2D eigenvalue weighted by Gasteiger charge is -2.12. The summed E-state index contributed by atoms with van der Waals surface area (Å²) in [7, 11) is 0. The Morgan fingerprint density at radius 2 is 2.00 bits per heavy atom. The molecule has 2 N–H and O–H groups in total. The van der Waals surface area contributed by atoms with Gasteiger partial charge in [-0.1, -0.05) is 30.3 Å². The standard InChI is InChI=1S/C19H19FN4O/c1-14(25)23-16-7-8-17(20)18(11-16)22-12-19-21-9-10-24(19)13-15-5-3-2-4-6-15/h2-11,22H,12-13H2,1H3,(H,23,25). The van der Waals surface area contributed by atoms with E-state index in [4.69, 9.17) is 0 Å². The Kier molecular flexibility index (Phi) is 5.09. The highest BCUT2D eigenvalue weighted by molar-refractivity contribution is 5.89. The third-order valence-corrected chi connectivity index (χ3v) is 3.72. The lowest BCUT2D eigenvalue weighted by molar-refractivity contribution is -0.114. The number of imidazole rings is 1. The average molecular weight is 338 g/mol. The van der Waals surface area contributed by atoms with E-state index in [-0.39, 0.29) is 11.7 Å². The van der Waals surface area contributed by atoms with E-state index >= 15 is 0 Å². The highest BCUT2D eigenvalue weighted by atomic mass is 19.1. The van der Waals surface area contributed by atoms with Crippen LogP contribution in [0.2, 0.25) is 0 Å². The summed E-state index contributed by atoms with van der Waals surface area (Å²) in [6, 6.07) is 14.5. The van der Waals surface area contributed by atoms with Gasteiger partial charge in [0.05, 0.1) is 12.2 Å². The van der Waals surface area contributed by atoms with E-state index in [0.29, 0.717) is 24.5 Å². The zero-order valence-electron chi connectivity index (χ0n) is 13.9. The molecule has 0 unspecified atom stereocenters. The summed E-state index contributed by atoms with van der Waals surface area (Å²) in [6.07, 6.45) is 3.62. The van der Waals surface area contributed by atoms with E-state index < -0.39 is 0 Å². The zero-order chi connectivity index (χ0) is 17.6. The number of aromatic nitrogens is 2. The second-order valence-corrected chi connectivity index (χ2v) is 5.69. The van der Waals surface area contributed by atoms with Crippen LogP contribution in [0.3, 0.4) is 0 Å². The Morgan fingerprint density at radius 3 is 2.76 bits per heavy atom. The molecular formula is C19H19FN4O. The van der Waals surface area contributed by atoms with Gasteiger partial charge in [0.2, 0.25) is 5.91 Å². The molecule has 25 heavy (non-hydrogen) atoms. The molecule has 0 atom stereocenters. The lowest BCUT2D eigenvalue weighted by Crippen LogP contribution is -2.11. The SMILES string of the molecule is CC(=O)Nc1ccc(F)c(NCc2nccn2Cc2ccccc2)c1. The topological polar surface area (TPSA) is 59.0 Å². The van der Waals surface area contributed by atoms with Crippen LogP contribution in [0.4, 0.5) is 15.8 Å². The fourth-order valence-electron chi connectivity index (χ4n) is 2.55. The Balaban J connectivity index is 1.70. The number of carbonyl (C=O) groups excluding carboxylic acids is 1. The zero-order valence-corrected chi connectivity index (χ0v) is 13.9. The predicted molar refractivity (Wildman–Crippen MR) is 95.8 cm³/mol. The quantitative estimate of drug-likeness (QED) is 0.721. The van der Waals surface area contributed by atoms with E-state index in [2.05, 4.69) is 15.6 Å². The van der Waals surface area contributed by atoms with Crippen molar-refractivity contribution in [3.8, 4) is 0 Å². The minimum absolute atomic E-state index is 0.198. The fourth-order valence-corrected chi connectivity index (χ4v) is 2.55. The largest absolute Gasteiger partial charge is 0.375 e. The third-order valence-electron chi connectivity index (χ3n) is 3.72. The van der Waals surface area contributed by atoms with Crippen LogP contribution in [0.15, 0.2) is 60.9 Å². The fraction of sp³-hybridized carbons (Fsp3) is 0.158. The van der Waals surface area contributed by atoms with E-state index in [9.17, 15) is 9.18 Å². The minimum Gasteiger partial charge on any atom is -0.375 e. The van der Waals surface area contributed by atoms with Crippen molar-refractivity contribution in [3.05, 3.63) is 78.1 Å². The Hall–Kier alpha value is -3.15. The molecule has 5 nitrogen and oxygen atoms in total. The number of amides is 1. The molecule has 1 amide bonds. The van der Waals surface area contributed by atoms with Gasteiger partial charge in [-0.05, 0) is 23.8 Å². The van der Waals surface area contributed by atoms with E-state index in [1.807, 2.05) is 41.1 Å². The maximum absolute atomic E-state index is 14.0. The highest BCUT2D eigenvalue weighted by Crippen LogP contribution is 2.20. The molecule has 128 valence electrons. The summed E-state index contributed by atoms with van der Waals surface area (Å²) in [6.45, 7) is 2.49. The van der Waals surface area contributed by atoms with Crippen molar-refractivity contribution in [3.63, 3.8) is 0 Å². The van der Waals surface area contributed by atoms with Crippen molar-refractivity contribution in [1.82, 2.24) is 9.55 Å². The molecule has 3 rings (SSSR count). The maximum Gasteiger partial charge on any atom is 0.221 e. The number of nitrogens with zero attached hydrogens (tertiary/aromatic N) is 2. The first kappa shape index (κ1) is 16.7. The lowest BCUT2D eigenvalue weighted by atomic mass is 10.2. The van der Waals surface area contributed by atoms with Crippen LogP contribution in [-0.2, 0) is 17.9 Å². The number of rotatable bonds is 6. The number of hydrogen-bond acceptors (Lipinski definition) is 3. The Labute approximate surface area is 145 Å². The number of carbonyl (C=O) groups is 1. The van der Waals surface area contributed by atoms with Crippen LogP contribution >= 0.6 is 0 Å². The van der Waals surface area contributed by atoms with Crippen molar-refractivity contribution >= 4 is 17.3 Å². The molecule has 2 aromatic carbocycles. The number of nitrogens with one attached hydrogen (secondary N) is 2. The van der Waals surface area contributed by atoms with Crippen LogP contribution in [0, 0.1) is 5.82 Å². The van der Waals surface area contributed by atoms with Gasteiger partial charge < -0.3 is 15.2 Å². The van der Waals surface area contributed by atoms with Gasteiger partial charge in [0, 0.05) is 31.5 Å². The molecule has 0 bridgehead atoms. The molecule has 6 heteroatoms. The molecule has 0 saturated heterocycles. The molecule has 0 spiro atoms. The number of anilines is 2. The molecule has 3 aromatic rings. The van der Waals surface area contributed by atoms with Crippen molar-refractivity contribution in [1.29, 1.82) is 0 Å². The van der Waals surface area contributed by atoms with Crippen molar-refractivity contribution < 1.29 is 9.18 Å². The number of benzene rings is 2. The first-order valence-electron chi connectivity index (χ1n) is 7.97. The van der Waals surface area contributed by atoms with Gasteiger partial charge in [0.1, 0.15) is 11.6 Å². The monoisotopic (exact) mass is 338 g/mol. The van der Waals surface area contributed by atoms with Crippen molar-refractivity contribution in [2.24, 2.45) is 0 Å². The van der Waals surface area contributed by atoms with Gasteiger partial charge in [0.25, 0.3) is 0 Å². The van der Waals surface area contributed by atoms with Crippen LogP contribution in [-0.4, -0.2) is 15.5 Å². The van der Waals surface area contributed by atoms with Gasteiger partial charge in [-0.15, -0.1) is 0 Å². The van der Waals surface area contributed by atoms with E-state index in [0.717, 1.165) is 5.82 Å². The summed E-state index contributed by atoms with van der Waals surface area (Å²) in [4.78, 5) is 15.5. The summed E-state index contributed by atoms with van der Waals surface area (Å²) < 4.78 is 16.0. The van der Waals surface area contributed by atoms with Gasteiger partial charge in [0.15, 0.2) is 0 Å². The van der Waals surface area contributed by atoms with Crippen LogP contribution in [0.25, 0.3) is 0 Å². The first-order valence-corrected chi connectivity index (χ1v) is 7.97. The number of hydrogen-bond donors (Lipinski definition) is 2. The number of halogens is 1. The molecule has 0 radical (unpaired) electrons. The smallest absolute Gasteiger partial charge is 0.221 e. The summed E-state index contributed by atoms with van der Waals surface area (Å²) in [5.41, 5.74) is 2.03. The van der Waals surface area contributed by atoms with E-state index in [1.54, 1.807) is 12.3 Å². The first-order chi connectivity index (χ1) is 12.1. The molecule has 0 fully saturated rings. The van der Waals surface area contributed by atoms with Crippen LogP contribution in [0.1, 0.15) is 18.3 Å². The molecular weight excluding hydrogens is 319 g/mol. The summed E-state index contributed by atoms with van der Waals surface area (Å²) >= 11 is 0. The van der Waals surface area contributed by atoms with Crippen molar-refractivity contribution in [2.45, 2.75) is 20.0 Å². The normalized spacial score (nSPS) is 10.5.